The number of rotatable bonds is 3. The van der Waals surface area contributed by atoms with Gasteiger partial charge in [-0.2, -0.15) is 0 Å². The number of carbonyl (C=O) groups excluding carboxylic acids is 1. The maximum atomic E-state index is 11.1. The summed E-state index contributed by atoms with van der Waals surface area (Å²) in [6.07, 6.45) is -0.108. The number of primary sulfonamides is 1. The van der Waals surface area contributed by atoms with E-state index in [4.69, 9.17) is 5.14 Å². The first-order valence-corrected chi connectivity index (χ1v) is 5.67. The van der Waals surface area contributed by atoms with Gasteiger partial charge in [-0.15, -0.1) is 0 Å². The Morgan fingerprint density at radius 1 is 1.40 bits per heavy atom. The summed E-state index contributed by atoms with van der Waals surface area (Å²) >= 11 is 0. The van der Waals surface area contributed by atoms with Crippen LogP contribution in [0.4, 0.5) is 0 Å². The van der Waals surface area contributed by atoms with Crippen molar-refractivity contribution >= 4 is 16.0 Å². The Bertz CT molecular complexity index is 467. The van der Waals surface area contributed by atoms with Crippen LogP contribution in [0.3, 0.4) is 0 Å². The molecule has 2 N–H and O–H groups in total. The molecule has 0 aliphatic rings. The summed E-state index contributed by atoms with van der Waals surface area (Å²) in [5.41, 5.74) is 0.340. The molecule has 1 aromatic carbocycles. The van der Waals surface area contributed by atoms with Crippen LogP contribution in [0.25, 0.3) is 0 Å². The van der Waals surface area contributed by atoms with E-state index >= 15 is 0 Å². The second kappa shape index (κ2) is 4.41. The maximum Gasteiger partial charge on any atom is 0.310 e. The van der Waals surface area contributed by atoms with Crippen LogP contribution >= 0.6 is 0 Å². The van der Waals surface area contributed by atoms with Gasteiger partial charge in [-0.25, -0.2) is 13.6 Å². The third-order valence-corrected chi connectivity index (χ3v) is 2.85. The van der Waals surface area contributed by atoms with Crippen molar-refractivity contribution in [2.45, 2.75) is 11.3 Å². The van der Waals surface area contributed by atoms with E-state index in [1.165, 1.54) is 19.2 Å². The number of nitrogens with two attached hydrogens (primary N) is 1. The van der Waals surface area contributed by atoms with Gasteiger partial charge in [0.2, 0.25) is 10.0 Å². The van der Waals surface area contributed by atoms with Crippen LogP contribution in [-0.4, -0.2) is 21.5 Å². The summed E-state index contributed by atoms with van der Waals surface area (Å²) in [4.78, 5) is 11.0. The lowest BCUT2D eigenvalue weighted by molar-refractivity contribution is -0.139. The second-order valence-corrected chi connectivity index (χ2v) is 4.44. The van der Waals surface area contributed by atoms with Crippen LogP contribution in [0.2, 0.25) is 0 Å². The number of carbonyl (C=O) groups is 1. The van der Waals surface area contributed by atoms with Crippen LogP contribution in [0.5, 0.6) is 0 Å². The summed E-state index contributed by atoms with van der Waals surface area (Å²) in [5.74, 6) is -0.508. The minimum Gasteiger partial charge on any atom is -0.469 e. The third kappa shape index (κ3) is 3.03. The molecule has 82 valence electrons. The van der Waals surface area contributed by atoms with Crippen LogP contribution < -0.4 is 5.14 Å². The number of esters is 1. The monoisotopic (exact) mass is 229 g/mol. The highest BCUT2D eigenvalue weighted by molar-refractivity contribution is 7.89. The van der Waals surface area contributed by atoms with Gasteiger partial charge < -0.3 is 4.74 Å². The van der Waals surface area contributed by atoms with Gasteiger partial charge in [0.05, 0.1) is 18.4 Å². The number of methoxy groups -OCH3 is 1. The highest BCUT2D eigenvalue weighted by Gasteiger charge is 2.15. The molecule has 0 atom stereocenters. The zero-order valence-electron chi connectivity index (χ0n) is 8.14. The number of sulfonamides is 1. The largest absolute Gasteiger partial charge is 0.469 e. The molecule has 0 radical (unpaired) electrons. The molecule has 0 aliphatic heterocycles. The third-order valence-electron chi connectivity index (χ3n) is 1.84. The van der Waals surface area contributed by atoms with Gasteiger partial charge in [0.1, 0.15) is 0 Å². The normalized spacial score (nSPS) is 11.1. The Labute approximate surface area is 87.9 Å². The molecule has 1 rings (SSSR count). The van der Waals surface area contributed by atoms with E-state index in [9.17, 15) is 13.2 Å². The molecule has 0 bridgehead atoms. The van der Waals surface area contributed by atoms with Crippen molar-refractivity contribution < 1.29 is 17.9 Å². The summed E-state index contributed by atoms with van der Waals surface area (Å²) in [5, 5.41) is 4.99. The molecule has 15 heavy (non-hydrogen) atoms. The van der Waals surface area contributed by atoms with E-state index in [2.05, 4.69) is 4.74 Å². The SMILES string of the molecule is COC(=O)Cc1ccccc1S(N)(=O)=O. The Balaban J connectivity index is 3.13. The Hall–Kier alpha value is -1.40. The molecular weight excluding hydrogens is 218 g/mol. The first kappa shape index (κ1) is 11.7. The Morgan fingerprint density at radius 2 is 2.00 bits per heavy atom. The standard InChI is InChI=1S/C9H11NO4S/c1-14-9(11)6-7-4-2-3-5-8(7)15(10,12)13/h2-5H,6H2,1H3,(H2,10,12,13). The average Bonchev–Trinajstić information content (AvgIpc) is 2.17. The number of ether oxygens (including phenoxy) is 1. The average molecular weight is 229 g/mol. The maximum absolute atomic E-state index is 11.1. The van der Waals surface area contributed by atoms with Gasteiger partial charge in [0, 0.05) is 0 Å². The lowest BCUT2D eigenvalue weighted by Crippen LogP contribution is -2.16. The predicted molar refractivity (Wildman–Crippen MR) is 53.5 cm³/mol. The van der Waals surface area contributed by atoms with Crippen LogP contribution in [-0.2, 0) is 26.0 Å². The van der Waals surface area contributed by atoms with Gasteiger partial charge in [0.25, 0.3) is 0 Å². The quantitative estimate of drug-likeness (QED) is 0.742. The number of benzene rings is 1. The van der Waals surface area contributed by atoms with E-state index < -0.39 is 16.0 Å². The van der Waals surface area contributed by atoms with Crippen LogP contribution in [0.1, 0.15) is 5.56 Å². The molecule has 0 unspecified atom stereocenters. The van der Waals surface area contributed by atoms with Crippen LogP contribution in [0.15, 0.2) is 29.2 Å². The fraction of sp³-hybridized carbons (Fsp3) is 0.222. The topological polar surface area (TPSA) is 86.5 Å². The molecule has 0 spiro atoms. The highest BCUT2D eigenvalue weighted by Crippen LogP contribution is 2.14. The van der Waals surface area contributed by atoms with E-state index in [1.54, 1.807) is 12.1 Å². The van der Waals surface area contributed by atoms with Crippen molar-refractivity contribution in [3.63, 3.8) is 0 Å². The van der Waals surface area contributed by atoms with Crippen molar-refractivity contribution in [2.24, 2.45) is 5.14 Å². The number of hydrogen-bond acceptors (Lipinski definition) is 4. The number of hydrogen-bond donors (Lipinski definition) is 1. The lowest BCUT2D eigenvalue weighted by atomic mass is 10.1. The van der Waals surface area contributed by atoms with Crippen molar-refractivity contribution in [3.05, 3.63) is 29.8 Å². The summed E-state index contributed by atoms with van der Waals surface area (Å²) in [6.45, 7) is 0. The van der Waals surface area contributed by atoms with E-state index in [0.29, 0.717) is 5.56 Å². The first-order valence-electron chi connectivity index (χ1n) is 4.12. The van der Waals surface area contributed by atoms with Gasteiger partial charge in [-0.05, 0) is 11.6 Å². The first-order chi connectivity index (χ1) is 6.95. The van der Waals surface area contributed by atoms with Gasteiger partial charge in [-0.3, -0.25) is 4.79 Å². The van der Waals surface area contributed by atoms with Crippen molar-refractivity contribution in [1.29, 1.82) is 0 Å². The summed E-state index contributed by atoms with van der Waals surface area (Å²) < 4.78 is 26.7. The fourth-order valence-corrected chi connectivity index (χ4v) is 1.93. The molecular formula is C9H11NO4S. The minimum absolute atomic E-state index is 0.0459. The van der Waals surface area contributed by atoms with Crippen LogP contribution in [0, 0.1) is 0 Å². The predicted octanol–water partition coefficient (Wildman–Crippen LogP) is 0.0495. The smallest absolute Gasteiger partial charge is 0.310 e. The van der Waals surface area contributed by atoms with E-state index in [-0.39, 0.29) is 11.3 Å². The lowest BCUT2D eigenvalue weighted by Gasteiger charge is -2.05. The molecule has 1 aromatic rings. The molecule has 0 saturated heterocycles. The summed E-state index contributed by atoms with van der Waals surface area (Å²) in [7, 11) is -2.56. The second-order valence-electron chi connectivity index (χ2n) is 2.91. The van der Waals surface area contributed by atoms with Crippen molar-refractivity contribution in [3.8, 4) is 0 Å². The molecule has 6 heteroatoms. The molecule has 0 aliphatic carbocycles. The zero-order chi connectivity index (χ0) is 11.5. The molecule has 0 heterocycles. The van der Waals surface area contributed by atoms with E-state index in [1.807, 2.05) is 0 Å². The van der Waals surface area contributed by atoms with Gasteiger partial charge in [-0.1, -0.05) is 18.2 Å². The van der Waals surface area contributed by atoms with Crippen molar-refractivity contribution in [1.82, 2.24) is 0 Å². The molecule has 0 fully saturated rings. The van der Waals surface area contributed by atoms with Gasteiger partial charge >= 0.3 is 5.97 Å². The van der Waals surface area contributed by atoms with Gasteiger partial charge in [0.15, 0.2) is 0 Å². The molecule has 0 amide bonds. The Morgan fingerprint density at radius 3 is 2.53 bits per heavy atom. The Kier molecular flexibility index (Phi) is 3.43. The van der Waals surface area contributed by atoms with E-state index in [0.717, 1.165) is 0 Å². The highest BCUT2D eigenvalue weighted by atomic mass is 32.2. The summed E-state index contributed by atoms with van der Waals surface area (Å²) in [6, 6.07) is 6.05. The molecule has 0 saturated carbocycles. The zero-order valence-corrected chi connectivity index (χ0v) is 8.95. The fourth-order valence-electron chi connectivity index (χ4n) is 1.16. The molecule has 5 nitrogen and oxygen atoms in total. The van der Waals surface area contributed by atoms with Crippen molar-refractivity contribution in [2.75, 3.05) is 7.11 Å². The molecule has 0 aromatic heterocycles. The minimum atomic E-state index is -3.80.